The first-order valence-electron chi connectivity index (χ1n) is 7.25. The number of anilines is 1. The van der Waals surface area contributed by atoms with Gasteiger partial charge in [-0.15, -0.1) is 0 Å². The number of aromatic nitrogens is 2. The number of ether oxygens (including phenoxy) is 2. The van der Waals surface area contributed by atoms with Gasteiger partial charge in [0, 0.05) is 45.6 Å². The summed E-state index contributed by atoms with van der Waals surface area (Å²) >= 11 is 0. The highest BCUT2D eigenvalue weighted by molar-refractivity contribution is 5.36. The summed E-state index contributed by atoms with van der Waals surface area (Å²) in [6.07, 6.45) is 3.58. The molecule has 120 valence electrons. The largest absolute Gasteiger partial charge is 0.383 e. The van der Waals surface area contributed by atoms with E-state index in [0.717, 1.165) is 24.6 Å². The average molecular weight is 296 g/mol. The predicted octanol–water partition coefficient (Wildman–Crippen LogP) is 1.46. The van der Waals surface area contributed by atoms with Crippen LogP contribution in [-0.2, 0) is 16.0 Å². The first kappa shape index (κ1) is 17.8. The molecule has 0 aliphatic rings. The Morgan fingerprint density at radius 2 is 1.71 bits per heavy atom. The molecule has 0 bridgehead atoms. The third kappa shape index (κ3) is 7.36. The van der Waals surface area contributed by atoms with Gasteiger partial charge in [0.1, 0.15) is 5.82 Å². The van der Waals surface area contributed by atoms with E-state index in [9.17, 15) is 0 Å². The number of hydrogen-bond donors (Lipinski definition) is 1. The highest BCUT2D eigenvalue weighted by Gasteiger charge is 2.12. The summed E-state index contributed by atoms with van der Waals surface area (Å²) in [7, 11) is 3.40. The molecule has 1 heterocycles. The van der Waals surface area contributed by atoms with Crippen molar-refractivity contribution in [3.05, 3.63) is 18.1 Å². The minimum absolute atomic E-state index is 0.0590. The predicted molar refractivity (Wildman–Crippen MR) is 84.6 cm³/mol. The molecule has 0 atom stereocenters. The van der Waals surface area contributed by atoms with Crippen molar-refractivity contribution >= 4 is 5.82 Å². The molecule has 0 aliphatic carbocycles. The number of hydrogen-bond acceptors (Lipinski definition) is 6. The topological polar surface area (TPSA) is 59.5 Å². The molecule has 0 aliphatic heterocycles. The zero-order valence-electron chi connectivity index (χ0n) is 13.8. The molecule has 0 saturated carbocycles. The molecule has 0 saturated heterocycles. The van der Waals surface area contributed by atoms with Crippen LogP contribution < -0.4 is 10.2 Å². The van der Waals surface area contributed by atoms with Crippen LogP contribution in [0.25, 0.3) is 0 Å². The van der Waals surface area contributed by atoms with Crippen LogP contribution in [0, 0.1) is 0 Å². The average Bonchev–Trinajstić information content (AvgIpc) is 2.45. The van der Waals surface area contributed by atoms with Gasteiger partial charge in [-0.3, -0.25) is 4.98 Å². The lowest BCUT2D eigenvalue weighted by Gasteiger charge is -2.24. The maximum atomic E-state index is 5.15. The van der Waals surface area contributed by atoms with Crippen molar-refractivity contribution in [2.24, 2.45) is 0 Å². The summed E-state index contributed by atoms with van der Waals surface area (Å²) < 4.78 is 10.3. The molecule has 0 amide bonds. The van der Waals surface area contributed by atoms with E-state index in [1.165, 1.54) is 0 Å². The van der Waals surface area contributed by atoms with Gasteiger partial charge in [-0.2, -0.15) is 0 Å². The second-order valence-electron chi connectivity index (χ2n) is 5.94. The first-order valence-corrected chi connectivity index (χ1v) is 7.25. The van der Waals surface area contributed by atoms with Gasteiger partial charge in [0.15, 0.2) is 0 Å². The van der Waals surface area contributed by atoms with Gasteiger partial charge < -0.3 is 19.7 Å². The molecule has 0 fully saturated rings. The van der Waals surface area contributed by atoms with Crippen molar-refractivity contribution in [1.82, 2.24) is 15.3 Å². The Bertz CT molecular complexity index is 399. The Hall–Kier alpha value is -1.24. The minimum atomic E-state index is 0.0590. The van der Waals surface area contributed by atoms with Crippen LogP contribution in [0.15, 0.2) is 12.4 Å². The fraction of sp³-hybridized carbons (Fsp3) is 0.733. The number of nitrogens with one attached hydrogen (secondary N) is 1. The van der Waals surface area contributed by atoms with Gasteiger partial charge in [-0.25, -0.2) is 4.98 Å². The van der Waals surface area contributed by atoms with Crippen molar-refractivity contribution in [2.45, 2.75) is 32.9 Å². The maximum absolute atomic E-state index is 5.15. The summed E-state index contributed by atoms with van der Waals surface area (Å²) in [5.74, 6) is 0.859. The lowest BCUT2D eigenvalue weighted by atomic mass is 10.1. The summed E-state index contributed by atoms with van der Waals surface area (Å²) in [6, 6.07) is 0. The lowest BCUT2D eigenvalue weighted by molar-refractivity contribution is 0.190. The summed E-state index contributed by atoms with van der Waals surface area (Å²) in [6.45, 7) is 9.93. The summed E-state index contributed by atoms with van der Waals surface area (Å²) in [5, 5.41) is 3.42. The van der Waals surface area contributed by atoms with Crippen LogP contribution in [0.1, 0.15) is 26.5 Å². The molecule has 1 aromatic heterocycles. The summed E-state index contributed by atoms with van der Waals surface area (Å²) in [4.78, 5) is 11.1. The van der Waals surface area contributed by atoms with Gasteiger partial charge in [0.05, 0.1) is 25.1 Å². The van der Waals surface area contributed by atoms with Gasteiger partial charge >= 0.3 is 0 Å². The number of methoxy groups -OCH3 is 2. The van der Waals surface area contributed by atoms with E-state index < -0.39 is 0 Å². The molecule has 6 heteroatoms. The van der Waals surface area contributed by atoms with Crippen molar-refractivity contribution in [3.8, 4) is 0 Å². The molecule has 0 unspecified atom stereocenters. The molecule has 0 radical (unpaired) electrons. The van der Waals surface area contributed by atoms with Gasteiger partial charge in [0.25, 0.3) is 0 Å². The van der Waals surface area contributed by atoms with E-state index in [4.69, 9.17) is 9.47 Å². The maximum Gasteiger partial charge on any atom is 0.147 e. The standard InChI is InChI=1S/C15H28N4O2/c1-15(2,3)17-11-13-10-16-12-14(18-13)19(6-8-20-4)7-9-21-5/h10,12,17H,6-9,11H2,1-5H3. The Labute approximate surface area is 127 Å². The SMILES string of the molecule is COCCN(CCOC)c1cncc(CNC(C)(C)C)n1. The highest BCUT2D eigenvalue weighted by Crippen LogP contribution is 2.10. The molecule has 21 heavy (non-hydrogen) atoms. The van der Waals surface area contributed by atoms with E-state index in [1.54, 1.807) is 26.6 Å². The molecule has 1 rings (SSSR count). The molecule has 0 aromatic carbocycles. The second kappa shape index (κ2) is 8.92. The van der Waals surface area contributed by atoms with E-state index >= 15 is 0 Å². The third-order valence-electron chi connectivity index (χ3n) is 2.93. The van der Waals surface area contributed by atoms with E-state index in [2.05, 4.69) is 41.0 Å². The Balaban J connectivity index is 2.73. The molecule has 1 aromatic rings. The Morgan fingerprint density at radius 3 is 2.24 bits per heavy atom. The fourth-order valence-electron chi connectivity index (χ4n) is 1.73. The van der Waals surface area contributed by atoms with Crippen LogP contribution >= 0.6 is 0 Å². The van der Waals surface area contributed by atoms with Crippen LogP contribution in [0.3, 0.4) is 0 Å². The van der Waals surface area contributed by atoms with Crippen molar-refractivity contribution in [2.75, 3.05) is 45.4 Å². The van der Waals surface area contributed by atoms with Crippen LogP contribution in [0.2, 0.25) is 0 Å². The van der Waals surface area contributed by atoms with E-state index in [1.807, 2.05) is 0 Å². The number of rotatable bonds is 9. The lowest BCUT2D eigenvalue weighted by Crippen LogP contribution is -2.36. The van der Waals surface area contributed by atoms with Gasteiger partial charge in [-0.05, 0) is 20.8 Å². The van der Waals surface area contributed by atoms with Gasteiger partial charge in [0.2, 0.25) is 0 Å². The molecule has 0 spiro atoms. The third-order valence-corrected chi connectivity index (χ3v) is 2.93. The summed E-state index contributed by atoms with van der Waals surface area (Å²) in [5.41, 5.74) is 0.992. The molecule has 1 N–H and O–H groups in total. The van der Waals surface area contributed by atoms with E-state index in [-0.39, 0.29) is 5.54 Å². The first-order chi connectivity index (χ1) is 9.96. The minimum Gasteiger partial charge on any atom is -0.383 e. The number of nitrogens with zero attached hydrogens (tertiary/aromatic N) is 3. The Kier molecular flexibility index (Phi) is 7.56. The Morgan fingerprint density at radius 1 is 1.10 bits per heavy atom. The van der Waals surface area contributed by atoms with Crippen molar-refractivity contribution in [1.29, 1.82) is 0 Å². The smallest absolute Gasteiger partial charge is 0.147 e. The molecular formula is C15H28N4O2. The zero-order valence-corrected chi connectivity index (χ0v) is 13.8. The molecular weight excluding hydrogens is 268 g/mol. The van der Waals surface area contributed by atoms with Crippen LogP contribution in [-0.4, -0.2) is 56.0 Å². The normalized spacial score (nSPS) is 11.7. The van der Waals surface area contributed by atoms with Crippen molar-refractivity contribution < 1.29 is 9.47 Å². The van der Waals surface area contributed by atoms with E-state index in [0.29, 0.717) is 19.8 Å². The van der Waals surface area contributed by atoms with Crippen LogP contribution in [0.5, 0.6) is 0 Å². The van der Waals surface area contributed by atoms with Crippen molar-refractivity contribution in [3.63, 3.8) is 0 Å². The fourth-order valence-corrected chi connectivity index (χ4v) is 1.73. The van der Waals surface area contributed by atoms with Gasteiger partial charge in [-0.1, -0.05) is 0 Å². The zero-order chi connectivity index (χ0) is 15.7. The van der Waals surface area contributed by atoms with Crippen LogP contribution in [0.4, 0.5) is 5.82 Å². The second-order valence-corrected chi connectivity index (χ2v) is 5.94. The quantitative estimate of drug-likeness (QED) is 0.744. The highest BCUT2D eigenvalue weighted by atomic mass is 16.5. The monoisotopic (exact) mass is 296 g/mol. The molecule has 6 nitrogen and oxygen atoms in total.